The average Bonchev–Trinajstić information content (AvgIpc) is 2.96. The summed E-state index contributed by atoms with van der Waals surface area (Å²) in [4.78, 5) is 0. The molecule has 6 nitrogen and oxygen atoms in total. The molecule has 1 fully saturated rings. The second-order valence-corrected chi connectivity index (χ2v) is 4.73. The van der Waals surface area contributed by atoms with Gasteiger partial charge in [-0.05, 0) is 17.7 Å². The molecule has 1 saturated heterocycles. The molecule has 6 heteroatoms. The third kappa shape index (κ3) is 2.98. The molecular formula is C14H19NO5. The molecule has 2 aliphatic heterocycles. The minimum absolute atomic E-state index is 0.125. The predicted molar refractivity (Wildman–Crippen MR) is 71.4 cm³/mol. The van der Waals surface area contributed by atoms with Gasteiger partial charge in [-0.15, -0.1) is 0 Å². The van der Waals surface area contributed by atoms with E-state index in [2.05, 4.69) is 5.32 Å². The lowest BCUT2D eigenvalue weighted by atomic mass is 10.2. The summed E-state index contributed by atoms with van der Waals surface area (Å²) >= 11 is 0. The van der Waals surface area contributed by atoms with Gasteiger partial charge in [-0.3, -0.25) is 0 Å². The fourth-order valence-electron chi connectivity index (χ4n) is 2.32. The van der Waals surface area contributed by atoms with Gasteiger partial charge >= 0.3 is 0 Å². The Morgan fingerprint density at radius 3 is 3.05 bits per heavy atom. The fourth-order valence-corrected chi connectivity index (χ4v) is 2.32. The van der Waals surface area contributed by atoms with Gasteiger partial charge in [0.1, 0.15) is 0 Å². The summed E-state index contributed by atoms with van der Waals surface area (Å²) in [6.45, 7) is 3.73. The minimum Gasteiger partial charge on any atom is -0.493 e. The zero-order valence-electron chi connectivity index (χ0n) is 11.5. The van der Waals surface area contributed by atoms with Crippen molar-refractivity contribution in [1.82, 2.24) is 5.32 Å². The Kier molecular flexibility index (Phi) is 4.25. The van der Waals surface area contributed by atoms with Crippen LogP contribution >= 0.6 is 0 Å². The van der Waals surface area contributed by atoms with Crippen LogP contribution in [0.4, 0.5) is 0 Å². The van der Waals surface area contributed by atoms with Gasteiger partial charge in [0.05, 0.1) is 33.0 Å². The van der Waals surface area contributed by atoms with E-state index in [-0.39, 0.29) is 12.9 Å². The largest absolute Gasteiger partial charge is 0.493 e. The molecule has 1 atom stereocenters. The van der Waals surface area contributed by atoms with Gasteiger partial charge in [0.25, 0.3) is 0 Å². The molecule has 0 aliphatic carbocycles. The Balaban J connectivity index is 1.57. The summed E-state index contributed by atoms with van der Waals surface area (Å²) in [7, 11) is 1.63. The highest BCUT2D eigenvalue weighted by atomic mass is 16.7. The monoisotopic (exact) mass is 281 g/mol. The van der Waals surface area contributed by atoms with Crippen LogP contribution in [0, 0.1) is 0 Å². The lowest BCUT2D eigenvalue weighted by Crippen LogP contribution is -2.37. The van der Waals surface area contributed by atoms with Gasteiger partial charge < -0.3 is 29.0 Å². The molecule has 20 heavy (non-hydrogen) atoms. The van der Waals surface area contributed by atoms with Crippen LogP contribution in [-0.2, 0) is 16.0 Å². The molecule has 0 saturated carbocycles. The van der Waals surface area contributed by atoms with Gasteiger partial charge in [0, 0.05) is 13.1 Å². The Morgan fingerprint density at radius 2 is 2.25 bits per heavy atom. The molecule has 0 aromatic heterocycles. The number of ether oxygens (including phenoxy) is 5. The second kappa shape index (κ2) is 6.30. The molecule has 0 radical (unpaired) electrons. The van der Waals surface area contributed by atoms with E-state index in [0.29, 0.717) is 37.9 Å². The first-order valence-corrected chi connectivity index (χ1v) is 6.73. The maximum Gasteiger partial charge on any atom is 0.231 e. The van der Waals surface area contributed by atoms with Crippen LogP contribution < -0.4 is 19.5 Å². The molecule has 1 unspecified atom stereocenters. The standard InChI is InChI=1S/C14H19NO5/c1-16-12-4-10(5-13-14(12)20-9-19-13)6-15-7-11-8-17-2-3-18-11/h4-5,11,15H,2-3,6-9H2,1H3. The molecule has 0 spiro atoms. The van der Waals surface area contributed by atoms with Gasteiger partial charge in [0.15, 0.2) is 11.5 Å². The third-order valence-electron chi connectivity index (χ3n) is 3.30. The van der Waals surface area contributed by atoms with E-state index >= 15 is 0 Å². The molecular weight excluding hydrogens is 262 g/mol. The van der Waals surface area contributed by atoms with Gasteiger partial charge in [-0.25, -0.2) is 0 Å². The second-order valence-electron chi connectivity index (χ2n) is 4.73. The van der Waals surface area contributed by atoms with Crippen molar-refractivity contribution in [2.24, 2.45) is 0 Å². The molecule has 2 heterocycles. The lowest BCUT2D eigenvalue weighted by Gasteiger charge is -2.23. The Hall–Kier alpha value is -1.50. The fraction of sp³-hybridized carbons (Fsp3) is 0.571. The number of nitrogens with one attached hydrogen (secondary N) is 1. The summed E-state index contributed by atoms with van der Waals surface area (Å²) in [5.41, 5.74) is 1.09. The Labute approximate surface area is 117 Å². The van der Waals surface area contributed by atoms with Crippen molar-refractivity contribution in [2.45, 2.75) is 12.6 Å². The molecule has 110 valence electrons. The van der Waals surface area contributed by atoms with Crippen molar-refractivity contribution in [3.05, 3.63) is 17.7 Å². The normalized spacial score (nSPS) is 20.9. The highest BCUT2D eigenvalue weighted by Crippen LogP contribution is 2.41. The highest BCUT2D eigenvalue weighted by molar-refractivity contribution is 5.55. The highest BCUT2D eigenvalue weighted by Gasteiger charge is 2.20. The van der Waals surface area contributed by atoms with Crippen LogP contribution in [0.1, 0.15) is 5.56 Å². The average molecular weight is 281 g/mol. The SMILES string of the molecule is COc1cc(CNCC2COCCO2)cc2c1OCO2. The number of hydrogen-bond donors (Lipinski definition) is 1. The summed E-state index contributed by atoms with van der Waals surface area (Å²) < 4.78 is 27.0. The van der Waals surface area contributed by atoms with Gasteiger partial charge in [-0.1, -0.05) is 0 Å². The summed E-state index contributed by atoms with van der Waals surface area (Å²) in [5, 5.41) is 3.36. The van der Waals surface area contributed by atoms with Crippen LogP contribution in [0.5, 0.6) is 17.2 Å². The zero-order valence-corrected chi connectivity index (χ0v) is 11.5. The summed E-state index contributed by atoms with van der Waals surface area (Å²) in [5.74, 6) is 2.12. The number of rotatable bonds is 5. The van der Waals surface area contributed by atoms with E-state index in [1.807, 2.05) is 12.1 Å². The van der Waals surface area contributed by atoms with Crippen LogP contribution in [0.2, 0.25) is 0 Å². The maximum absolute atomic E-state index is 5.58. The lowest BCUT2D eigenvalue weighted by molar-refractivity contribution is -0.0864. The van der Waals surface area contributed by atoms with Crippen molar-refractivity contribution >= 4 is 0 Å². The predicted octanol–water partition coefficient (Wildman–Crippen LogP) is 0.929. The maximum atomic E-state index is 5.58. The smallest absolute Gasteiger partial charge is 0.231 e. The van der Waals surface area contributed by atoms with E-state index in [9.17, 15) is 0 Å². The molecule has 1 aromatic rings. The minimum atomic E-state index is 0.125. The molecule has 0 amide bonds. The van der Waals surface area contributed by atoms with Crippen molar-refractivity contribution in [2.75, 3.05) is 40.3 Å². The quantitative estimate of drug-likeness (QED) is 0.866. The van der Waals surface area contributed by atoms with Crippen molar-refractivity contribution in [3.8, 4) is 17.2 Å². The van der Waals surface area contributed by atoms with E-state index in [1.165, 1.54) is 0 Å². The third-order valence-corrected chi connectivity index (χ3v) is 3.30. The van der Waals surface area contributed by atoms with Gasteiger partial charge in [-0.2, -0.15) is 0 Å². The van der Waals surface area contributed by atoms with E-state index < -0.39 is 0 Å². The van der Waals surface area contributed by atoms with E-state index in [4.69, 9.17) is 23.7 Å². The number of fused-ring (bicyclic) bond motifs is 1. The first-order valence-electron chi connectivity index (χ1n) is 6.73. The molecule has 1 aromatic carbocycles. The molecule has 2 aliphatic rings. The number of benzene rings is 1. The van der Waals surface area contributed by atoms with Crippen LogP contribution in [-0.4, -0.2) is 46.4 Å². The molecule has 3 rings (SSSR count). The van der Waals surface area contributed by atoms with E-state index in [0.717, 1.165) is 17.9 Å². The topological polar surface area (TPSA) is 58.2 Å². The molecule has 1 N–H and O–H groups in total. The van der Waals surface area contributed by atoms with Crippen molar-refractivity contribution < 1.29 is 23.7 Å². The van der Waals surface area contributed by atoms with E-state index in [1.54, 1.807) is 7.11 Å². The first-order chi connectivity index (χ1) is 9.86. The first kappa shape index (κ1) is 13.5. The summed E-state index contributed by atoms with van der Waals surface area (Å²) in [6, 6.07) is 3.93. The van der Waals surface area contributed by atoms with Crippen molar-refractivity contribution in [3.63, 3.8) is 0 Å². The number of methoxy groups -OCH3 is 1. The molecule has 0 bridgehead atoms. The zero-order chi connectivity index (χ0) is 13.8. The Morgan fingerprint density at radius 1 is 1.30 bits per heavy atom. The van der Waals surface area contributed by atoms with Crippen LogP contribution in [0.25, 0.3) is 0 Å². The van der Waals surface area contributed by atoms with Gasteiger partial charge in [0.2, 0.25) is 12.5 Å². The van der Waals surface area contributed by atoms with Crippen molar-refractivity contribution in [1.29, 1.82) is 0 Å². The van der Waals surface area contributed by atoms with Crippen LogP contribution in [0.15, 0.2) is 12.1 Å². The number of hydrogen-bond acceptors (Lipinski definition) is 6. The Bertz CT molecular complexity index is 459. The summed E-state index contributed by atoms with van der Waals surface area (Å²) in [6.07, 6.45) is 0.125. The van der Waals surface area contributed by atoms with Crippen LogP contribution in [0.3, 0.4) is 0 Å².